The molecular weight excluding hydrogens is 263 g/mol. The van der Waals surface area contributed by atoms with Gasteiger partial charge in [0.2, 0.25) is 0 Å². The number of hydrogen-bond acceptors (Lipinski definition) is 5. The Bertz CT molecular complexity index is 481. The predicted octanol–water partition coefficient (Wildman–Crippen LogP) is 0.658. The average Bonchev–Trinajstić information content (AvgIpc) is 2.48. The molecule has 2 rings (SSSR count). The van der Waals surface area contributed by atoms with Crippen molar-refractivity contribution in [3.05, 3.63) is 35.1 Å². The van der Waals surface area contributed by atoms with Crippen LogP contribution in [0.4, 0.5) is 4.39 Å². The number of ether oxygens (including phenoxy) is 2. The minimum absolute atomic E-state index is 0.269. The van der Waals surface area contributed by atoms with Crippen LogP contribution in [0.3, 0.4) is 0 Å². The van der Waals surface area contributed by atoms with Gasteiger partial charge in [0.05, 0.1) is 13.7 Å². The van der Waals surface area contributed by atoms with Gasteiger partial charge in [-0.2, -0.15) is 0 Å². The zero-order valence-corrected chi connectivity index (χ0v) is 11.5. The second-order valence-electron chi connectivity index (χ2n) is 4.75. The fourth-order valence-electron chi connectivity index (χ4n) is 2.21. The smallest absolute Gasteiger partial charge is 0.336 e. The van der Waals surface area contributed by atoms with E-state index in [-0.39, 0.29) is 5.82 Å². The van der Waals surface area contributed by atoms with Crippen molar-refractivity contribution < 1.29 is 18.7 Å². The first-order chi connectivity index (χ1) is 9.63. The Morgan fingerprint density at radius 1 is 1.60 bits per heavy atom. The van der Waals surface area contributed by atoms with Crippen molar-refractivity contribution in [2.45, 2.75) is 19.2 Å². The summed E-state index contributed by atoms with van der Waals surface area (Å²) in [4.78, 5) is 13.4. The fourth-order valence-corrected chi connectivity index (χ4v) is 2.21. The van der Waals surface area contributed by atoms with Crippen LogP contribution in [0.2, 0.25) is 0 Å². The van der Waals surface area contributed by atoms with E-state index in [9.17, 15) is 9.18 Å². The number of rotatable bonds is 4. The van der Waals surface area contributed by atoms with Crippen LogP contribution in [0, 0.1) is 5.82 Å². The molecule has 0 amide bonds. The maximum absolute atomic E-state index is 13.9. The summed E-state index contributed by atoms with van der Waals surface area (Å²) in [6.45, 7) is 2.26. The Morgan fingerprint density at radius 3 is 3.05 bits per heavy atom. The molecule has 20 heavy (non-hydrogen) atoms. The molecule has 1 aromatic rings. The van der Waals surface area contributed by atoms with Crippen LogP contribution in [-0.4, -0.2) is 43.8 Å². The highest BCUT2D eigenvalue weighted by molar-refractivity contribution is 5.74. The highest BCUT2D eigenvalue weighted by Gasteiger charge is 2.27. The number of halogens is 1. The third-order valence-corrected chi connectivity index (χ3v) is 3.36. The number of nitrogens with two attached hydrogens (primary N) is 1. The maximum atomic E-state index is 13.9. The van der Waals surface area contributed by atoms with Crippen LogP contribution in [0.5, 0.6) is 0 Å². The molecule has 1 aromatic carbocycles. The normalized spacial score (nSPS) is 19.9. The molecule has 1 aliphatic rings. The second kappa shape index (κ2) is 6.78. The zero-order chi connectivity index (χ0) is 14.5. The molecule has 0 radical (unpaired) electrons. The van der Waals surface area contributed by atoms with Crippen molar-refractivity contribution in [2.75, 3.05) is 26.8 Å². The average molecular weight is 282 g/mol. The minimum atomic E-state index is -0.597. The van der Waals surface area contributed by atoms with Gasteiger partial charge < -0.3 is 15.2 Å². The summed E-state index contributed by atoms with van der Waals surface area (Å²) in [6, 6.07) is 5.00. The number of benzene rings is 1. The van der Waals surface area contributed by atoms with Gasteiger partial charge in [-0.3, -0.25) is 4.90 Å². The Labute approximate surface area is 117 Å². The Morgan fingerprint density at radius 2 is 2.40 bits per heavy atom. The SMILES string of the molecule is COC(=O)C1CN(Cc2ccc(CN)cc2F)CCO1. The van der Waals surface area contributed by atoms with Crippen molar-refractivity contribution in [3.63, 3.8) is 0 Å². The number of carbonyl (C=O) groups is 1. The number of morpholine rings is 1. The molecule has 110 valence electrons. The molecule has 5 nitrogen and oxygen atoms in total. The quantitative estimate of drug-likeness (QED) is 0.822. The molecule has 1 fully saturated rings. The molecule has 0 spiro atoms. The van der Waals surface area contributed by atoms with Gasteiger partial charge in [0.25, 0.3) is 0 Å². The van der Waals surface area contributed by atoms with Gasteiger partial charge in [0, 0.05) is 31.7 Å². The van der Waals surface area contributed by atoms with Crippen LogP contribution in [0.25, 0.3) is 0 Å². The van der Waals surface area contributed by atoms with E-state index in [1.807, 2.05) is 11.0 Å². The summed E-state index contributed by atoms with van der Waals surface area (Å²) in [5.74, 6) is -0.664. The highest BCUT2D eigenvalue weighted by atomic mass is 19.1. The standard InChI is InChI=1S/C14H19FN2O3/c1-19-14(18)13-9-17(4-5-20-13)8-11-3-2-10(7-16)6-12(11)15/h2-3,6,13H,4-5,7-9,16H2,1H3. The summed E-state index contributed by atoms with van der Waals surface area (Å²) in [6.07, 6.45) is -0.597. The van der Waals surface area contributed by atoms with Gasteiger partial charge in [0.15, 0.2) is 6.10 Å². The summed E-state index contributed by atoms with van der Waals surface area (Å²) >= 11 is 0. The molecular formula is C14H19FN2O3. The highest BCUT2D eigenvalue weighted by Crippen LogP contribution is 2.15. The van der Waals surface area contributed by atoms with Gasteiger partial charge in [-0.1, -0.05) is 12.1 Å². The molecule has 2 N–H and O–H groups in total. The first kappa shape index (κ1) is 14.9. The maximum Gasteiger partial charge on any atom is 0.336 e. The lowest BCUT2D eigenvalue weighted by Crippen LogP contribution is -2.46. The molecule has 1 unspecified atom stereocenters. The van der Waals surface area contributed by atoms with E-state index in [0.29, 0.717) is 38.3 Å². The van der Waals surface area contributed by atoms with Gasteiger partial charge in [-0.25, -0.2) is 9.18 Å². The lowest BCUT2D eigenvalue weighted by atomic mass is 10.1. The van der Waals surface area contributed by atoms with Crippen molar-refractivity contribution >= 4 is 5.97 Å². The Hall–Kier alpha value is -1.50. The number of esters is 1. The van der Waals surface area contributed by atoms with Gasteiger partial charge in [0.1, 0.15) is 5.82 Å². The van der Waals surface area contributed by atoms with Crippen molar-refractivity contribution in [3.8, 4) is 0 Å². The molecule has 0 aliphatic carbocycles. The second-order valence-corrected chi connectivity index (χ2v) is 4.75. The topological polar surface area (TPSA) is 64.8 Å². The lowest BCUT2D eigenvalue weighted by molar-refractivity contribution is -0.160. The predicted molar refractivity (Wildman–Crippen MR) is 71.3 cm³/mol. The summed E-state index contributed by atoms with van der Waals surface area (Å²) in [7, 11) is 1.33. The number of carbonyl (C=O) groups excluding carboxylic acids is 1. The van der Waals surface area contributed by atoms with E-state index in [1.165, 1.54) is 13.2 Å². The number of nitrogens with zero attached hydrogens (tertiary/aromatic N) is 1. The third-order valence-electron chi connectivity index (χ3n) is 3.36. The zero-order valence-electron chi connectivity index (χ0n) is 11.5. The summed E-state index contributed by atoms with van der Waals surface area (Å²) in [5.41, 5.74) is 6.83. The van der Waals surface area contributed by atoms with E-state index >= 15 is 0 Å². The van der Waals surface area contributed by atoms with Gasteiger partial charge >= 0.3 is 5.97 Å². The fraction of sp³-hybridized carbons (Fsp3) is 0.500. The molecule has 0 bridgehead atoms. The molecule has 0 saturated carbocycles. The summed E-state index contributed by atoms with van der Waals surface area (Å²) in [5, 5.41) is 0. The van der Waals surface area contributed by atoms with Crippen LogP contribution >= 0.6 is 0 Å². The van der Waals surface area contributed by atoms with Crippen LogP contribution in [0.15, 0.2) is 18.2 Å². The molecule has 6 heteroatoms. The molecule has 1 saturated heterocycles. The minimum Gasteiger partial charge on any atom is -0.467 e. The number of methoxy groups -OCH3 is 1. The molecule has 1 heterocycles. The lowest BCUT2D eigenvalue weighted by Gasteiger charge is -2.31. The first-order valence-electron chi connectivity index (χ1n) is 6.53. The van der Waals surface area contributed by atoms with Gasteiger partial charge in [-0.05, 0) is 11.6 Å². The monoisotopic (exact) mass is 282 g/mol. The molecule has 1 aliphatic heterocycles. The van der Waals surface area contributed by atoms with Crippen LogP contribution < -0.4 is 5.73 Å². The third kappa shape index (κ3) is 3.53. The van der Waals surface area contributed by atoms with E-state index in [2.05, 4.69) is 4.74 Å². The van der Waals surface area contributed by atoms with E-state index in [0.717, 1.165) is 5.56 Å². The Kier molecular flexibility index (Phi) is 5.05. The Balaban J connectivity index is 2.00. The number of hydrogen-bond donors (Lipinski definition) is 1. The largest absolute Gasteiger partial charge is 0.467 e. The van der Waals surface area contributed by atoms with Gasteiger partial charge in [-0.15, -0.1) is 0 Å². The molecule has 0 aromatic heterocycles. The molecule has 1 atom stereocenters. The van der Waals surface area contributed by atoms with Crippen LogP contribution in [0.1, 0.15) is 11.1 Å². The van der Waals surface area contributed by atoms with E-state index in [4.69, 9.17) is 10.5 Å². The first-order valence-corrected chi connectivity index (χ1v) is 6.53. The summed E-state index contributed by atoms with van der Waals surface area (Å²) < 4.78 is 23.9. The van der Waals surface area contributed by atoms with Crippen molar-refractivity contribution in [1.29, 1.82) is 0 Å². The van der Waals surface area contributed by atoms with E-state index in [1.54, 1.807) is 6.07 Å². The van der Waals surface area contributed by atoms with Crippen molar-refractivity contribution in [1.82, 2.24) is 4.90 Å². The van der Waals surface area contributed by atoms with Crippen LogP contribution in [-0.2, 0) is 27.4 Å². The van der Waals surface area contributed by atoms with E-state index < -0.39 is 12.1 Å². The van der Waals surface area contributed by atoms with Crippen molar-refractivity contribution in [2.24, 2.45) is 5.73 Å².